The van der Waals surface area contributed by atoms with E-state index in [1.807, 2.05) is 12.1 Å². The Hall–Kier alpha value is -0.810. The second kappa shape index (κ2) is 3.10. The van der Waals surface area contributed by atoms with Gasteiger partial charge in [0.05, 0.1) is 11.8 Å². The fourth-order valence-corrected chi connectivity index (χ4v) is 2.56. The van der Waals surface area contributed by atoms with Gasteiger partial charge in [0.1, 0.15) is 0 Å². The summed E-state index contributed by atoms with van der Waals surface area (Å²) >= 11 is 3.33. The van der Waals surface area contributed by atoms with E-state index >= 15 is 0 Å². The Bertz CT molecular complexity index is 586. The van der Waals surface area contributed by atoms with Crippen LogP contribution in [0.25, 0.3) is 10.9 Å². The van der Waals surface area contributed by atoms with Gasteiger partial charge in [-0.05, 0) is 24.3 Å². The first kappa shape index (κ1) is 9.73. The number of hydrogen-bond acceptors (Lipinski definition) is 2. The van der Waals surface area contributed by atoms with E-state index in [1.54, 1.807) is 18.3 Å². The second-order valence-corrected chi connectivity index (χ2v) is 5.85. The third-order valence-corrected chi connectivity index (χ3v) is 3.50. The van der Waals surface area contributed by atoms with E-state index in [0.29, 0.717) is 5.52 Å². The maximum absolute atomic E-state index is 11.3. The lowest BCUT2D eigenvalue weighted by Crippen LogP contribution is -2.07. The van der Waals surface area contributed by atoms with Gasteiger partial charge in [-0.3, -0.25) is 0 Å². The average Bonchev–Trinajstić information content (AvgIpc) is 2.45. The van der Waals surface area contributed by atoms with Crippen LogP contribution in [-0.2, 0) is 10.0 Å². The molecule has 0 spiro atoms. The molecule has 2 rings (SSSR count). The van der Waals surface area contributed by atoms with Crippen molar-refractivity contribution in [1.82, 2.24) is 3.97 Å². The first-order valence-corrected chi connectivity index (χ1v) is 6.60. The van der Waals surface area contributed by atoms with Gasteiger partial charge < -0.3 is 0 Å². The van der Waals surface area contributed by atoms with Gasteiger partial charge in [-0.25, -0.2) is 12.4 Å². The molecule has 74 valence electrons. The van der Waals surface area contributed by atoms with Crippen LogP contribution in [0.2, 0.25) is 0 Å². The lowest BCUT2D eigenvalue weighted by Gasteiger charge is -2.01. The Morgan fingerprint density at radius 3 is 2.64 bits per heavy atom. The summed E-state index contributed by atoms with van der Waals surface area (Å²) in [5.41, 5.74) is 0.704. The molecule has 1 aromatic heterocycles. The van der Waals surface area contributed by atoms with Crippen molar-refractivity contribution in [2.75, 3.05) is 6.26 Å². The van der Waals surface area contributed by atoms with E-state index in [0.717, 1.165) is 9.86 Å². The van der Waals surface area contributed by atoms with Crippen LogP contribution in [0.3, 0.4) is 0 Å². The summed E-state index contributed by atoms with van der Waals surface area (Å²) < 4.78 is 24.9. The van der Waals surface area contributed by atoms with Crippen molar-refractivity contribution < 1.29 is 8.42 Å². The van der Waals surface area contributed by atoms with E-state index < -0.39 is 10.0 Å². The maximum atomic E-state index is 11.3. The van der Waals surface area contributed by atoms with E-state index in [9.17, 15) is 8.42 Å². The summed E-state index contributed by atoms with van der Waals surface area (Å²) in [5.74, 6) is 0. The van der Waals surface area contributed by atoms with Gasteiger partial charge in [-0.2, -0.15) is 0 Å². The number of fused-ring (bicyclic) bond motifs is 1. The summed E-state index contributed by atoms with van der Waals surface area (Å²) in [6, 6.07) is 7.27. The molecule has 14 heavy (non-hydrogen) atoms. The number of rotatable bonds is 1. The molecule has 0 unspecified atom stereocenters. The number of aromatic nitrogens is 1. The highest BCUT2D eigenvalue weighted by molar-refractivity contribution is 9.10. The zero-order valence-corrected chi connectivity index (χ0v) is 9.84. The van der Waals surface area contributed by atoms with Gasteiger partial charge in [-0.15, -0.1) is 0 Å². The Kier molecular flexibility index (Phi) is 2.16. The smallest absolute Gasteiger partial charge is 0.236 e. The predicted octanol–water partition coefficient (Wildman–Crippen LogP) is 2.21. The van der Waals surface area contributed by atoms with Crippen LogP contribution in [0.4, 0.5) is 0 Å². The number of nitrogens with zero attached hydrogens (tertiary/aromatic N) is 1. The fraction of sp³-hybridized carbons (Fsp3) is 0.111. The third kappa shape index (κ3) is 1.57. The molecular weight excluding hydrogens is 266 g/mol. The van der Waals surface area contributed by atoms with Crippen LogP contribution < -0.4 is 0 Å². The van der Waals surface area contributed by atoms with Crippen molar-refractivity contribution in [3.8, 4) is 0 Å². The van der Waals surface area contributed by atoms with Gasteiger partial charge in [0.25, 0.3) is 0 Å². The minimum absolute atomic E-state index is 0.704. The normalized spacial score (nSPS) is 12.1. The second-order valence-electron chi connectivity index (χ2n) is 3.08. The summed E-state index contributed by atoms with van der Waals surface area (Å²) in [4.78, 5) is 0. The SMILES string of the molecule is CS(=O)(=O)n1ccc2cc(Br)ccc21. The fourth-order valence-electron chi connectivity index (χ4n) is 1.38. The highest BCUT2D eigenvalue weighted by atomic mass is 79.9. The molecule has 1 aromatic carbocycles. The van der Waals surface area contributed by atoms with Crippen LogP contribution in [0.15, 0.2) is 34.9 Å². The first-order chi connectivity index (χ1) is 6.48. The molecule has 0 fully saturated rings. The van der Waals surface area contributed by atoms with E-state index in [4.69, 9.17) is 0 Å². The molecule has 1 heterocycles. The van der Waals surface area contributed by atoms with E-state index in [1.165, 1.54) is 10.2 Å². The Morgan fingerprint density at radius 1 is 1.29 bits per heavy atom. The predicted molar refractivity (Wildman–Crippen MR) is 59.9 cm³/mol. The molecule has 0 aliphatic rings. The zero-order valence-electron chi connectivity index (χ0n) is 7.44. The van der Waals surface area contributed by atoms with Gasteiger partial charge in [-0.1, -0.05) is 15.9 Å². The molecule has 0 radical (unpaired) electrons. The molecule has 0 amide bonds. The molecule has 0 saturated carbocycles. The largest absolute Gasteiger partial charge is 0.245 e. The van der Waals surface area contributed by atoms with Crippen molar-refractivity contribution in [3.63, 3.8) is 0 Å². The third-order valence-electron chi connectivity index (χ3n) is 1.97. The van der Waals surface area contributed by atoms with Crippen LogP contribution in [0.1, 0.15) is 0 Å². The monoisotopic (exact) mass is 273 g/mol. The summed E-state index contributed by atoms with van der Waals surface area (Å²) in [5, 5.41) is 0.907. The molecule has 3 nitrogen and oxygen atoms in total. The topological polar surface area (TPSA) is 39.1 Å². The van der Waals surface area contributed by atoms with Crippen molar-refractivity contribution in [2.45, 2.75) is 0 Å². The zero-order chi connectivity index (χ0) is 10.3. The molecule has 0 bridgehead atoms. The number of benzene rings is 1. The summed E-state index contributed by atoms with van der Waals surface area (Å²) in [7, 11) is -3.20. The molecule has 0 N–H and O–H groups in total. The van der Waals surface area contributed by atoms with E-state index in [-0.39, 0.29) is 0 Å². The van der Waals surface area contributed by atoms with Crippen molar-refractivity contribution in [1.29, 1.82) is 0 Å². The summed E-state index contributed by atoms with van der Waals surface area (Å²) in [6.45, 7) is 0. The quantitative estimate of drug-likeness (QED) is 0.799. The number of halogens is 1. The lowest BCUT2D eigenvalue weighted by atomic mass is 10.3. The standard InChI is InChI=1S/C9H8BrNO2S/c1-14(12,13)11-5-4-7-6-8(10)2-3-9(7)11/h2-6H,1H3. The molecular formula is C9H8BrNO2S. The van der Waals surface area contributed by atoms with Gasteiger partial charge in [0.15, 0.2) is 0 Å². The van der Waals surface area contributed by atoms with Gasteiger partial charge in [0.2, 0.25) is 10.0 Å². The summed E-state index contributed by atoms with van der Waals surface area (Å²) in [6.07, 6.45) is 2.75. The van der Waals surface area contributed by atoms with Crippen LogP contribution >= 0.6 is 15.9 Å². The minimum Gasteiger partial charge on any atom is -0.245 e. The average molecular weight is 274 g/mol. The Labute approximate surface area is 90.5 Å². The number of hydrogen-bond donors (Lipinski definition) is 0. The molecule has 0 atom stereocenters. The maximum Gasteiger partial charge on any atom is 0.236 e. The first-order valence-electron chi connectivity index (χ1n) is 3.95. The molecule has 2 aromatic rings. The highest BCUT2D eigenvalue weighted by Crippen LogP contribution is 2.21. The molecule has 5 heteroatoms. The molecule has 0 saturated heterocycles. The van der Waals surface area contributed by atoms with Crippen molar-refractivity contribution in [3.05, 3.63) is 34.9 Å². The van der Waals surface area contributed by atoms with Gasteiger partial charge >= 0.3 is 0 Å². The molecule has 0 aliphatic carbocycles. The Balaban J connectivity index is 2.83. The van der Waals surface area contributed by atoms with Crippen LogP contribution in [-0.4, -0.2) is 18.6 Å². The lowest BCUT2D eigenvalue weighted by molar-refractivity contribution is 0.595. The minimum atomic E-state index is -3.20. The molecule has 0 aliphatic heterocycles. The van der Waals surface area contributed by atoms with Crippen molar-refractivity contribution in [2.24, 2.45) is 0 Å². The van der Waals surface area contributed by atoms with Crippen LogP contribution in [0, 0.1) is 0 Å². The van der Waals surface area contributed by atoms with Crippen molar-refractivity contribution >= 4 is 36.9 Å². The van der Waals surface area contributed by atoms with Crippen LogP contribution in [0.5, 0.6) is 0 Å². The Morgan fingerprint density at radius 2 is 2.00 bits per heavy atom. The van der Waals surface area contributed by atoms with E-state index in [2.05, 4.69) is 15.9 Å². The highest BCUT2D eigenvalue weighted by Gasteiger charge is 2.08. The van der Waals surface area contributed by atoms with Gasteiger partial charge in [0, 0.05) is 16.1 Å².